The van der Waals surface area contributed by atoms with Crippen LogP contribution in [0.2, 0.25) is 5.02 Å². The van der Waals surface area contributed by atoms with Crippen LogP contribution in [-0.2, 0) is 7.05 Å². The molecule has 0 aliphatic carbocycles. The Labute approximate surface area is 129 Å². The smallest absolute Gasteiger partial charge is 0.307 e. The number of aromatic nitrogens is 1. The molecule has 2 aromatic carbocycles. The van der Waals surface area contributed by atoms with E-state index in [0.29, 0.717) is 5.02 Å². The number of hydrogen-bond donors (Lipinski definition) is 1. The molecule has 0 amide bonds. The van der Waals surface area contributed by atoms with Gasteiger partial charge in [-0.1, -0.05) is 29.0 Å². The molecular formula is C14H11ClN2OS2. The molecule has 0 atom stereocenters. The number of halogens is 1. The third-order valence-corrected chi connectivity index (χ3v) is 4.93. The van der Waals surface area contributed by atoms with Crippen LogP contribution >= 0.6 is 34.9 Å². The van der Waals surface area contributed by atoms with Gasteiger partial charge in [0.25, 0.3) is 0 Å². The average molecular weight is 323 g/mol. The van der Waals surface area contributed by atoms with Gasteiger partial charge in [-0.25, -0.2) is 0 Å². The lowest BCUT2D eigenvalue weighted by Crippen LogP contribution is -2.06. The van der Waals surface area contributed by atoms with Gasteiger partial charge in [-0.3, -0.25) is 4.79 Å². The first kappa shape index (κ1) is 13.5. The van der Waals surface area contributed by atoms with Crippen LogP contribution < -0.4 is 9.60 Å². The SMILES string of the molecule is Cn1c(=O)sc2cc(SNc3cccc(Cl)c3)ccc21. The van der Waals surface area contributed by atoms with Crippen molar-refractivity contribution in [2.45, 2.75) is 4.90 Å². The van der Waals surface area contributed by atoms with E-state index in [9.17, 15) is 4.79 Å². The predicted octanol–water partition coefficient (Wildman–Crippen LogP) is 4.37. The lowest BCUT2D eigenvalue weighted by molar-refractivity contribution is 0.938. The van der Waals surface area contributed by atoms with Crippen LogP contribution in [0.1, 0.15) is 0 Å². The van der Waals surface area contributed by atoms with E-state index >= 15 is 0 Å². The zero-order valence-electron chi connectivity index (χ0n) is 10.6. The van der Waals surface area contributed by atoms with E-state index in [4.69, 9.17) is 11.6 Å². The molecule has 0 bridgehead atoms. The summed E-state index contributed by atoms with van der Waals surface area (Å²) < 4.78 is 5.90. The van der Waals surface area contributed by atoms with Crippen LogP contribution in [-0.4, -0.2) is 4.57 Å². The monoisotopic (exact) mass is 322 g/mol. The maximum atomic E-state index is 11.6. The molecule has 3 aromatic rings. The highest BCUT2D eigenvalue weighted by atomic mass is 35.5. The van der Waals surface area contributed by atoms with Crippen molar-refractivity contribution in [1.82, 2.24) is 4.57 Å². The summed E-state index contributed by atoms with van der Waals surface area (Å²) >= 11 is 8.70. The molecule has 0 saturated carbocycles. The van der Waals surface area contributed by atoms with Gasteiger partial charge in [0.15, 0.2) is 0 Å². The van der Waals surface area contributed by atoms with Crippen molar-refractivity contribution < 1.29 is 0 Å². The quantitative estimate of drug-likeness (QED) is 0.727. The molecule has 20 heavy (non-hydrogen) atoms. The fourth-order valence-electron chi connectivity index (χ4n) is 1.85. The van der Waals surface area contributed by atoms with E-state index in [0.717, 1.165) is 20.8 Å². The van der Waals surface area contributed by atoms with Crippen molar-refractivity contribution in [3.05, 3.63) is 57.2 Å². The molecule has 1 heterocycles. The first-order valence-corrected chi connectivity index (χ1v) is 7.92. The zero-order chi connectivity index (χ0) is 14.1. The predicted molar refractivity (Wildman–Crippen MR) is 88.0 cm³/mol. The maximum absolute atomic E-state index is 11.6. The number of aryl methyl sites for hydroxylation is 1. The topological polar surface area (TPSA) is 34.0 Å². The molecule has 1 N–H and O–H groups in total. The van der Waals surface area contributed by atoms with Crippen LogP contribution in [0.15, 0.2) is 52.2 Å². The summed E-state index contributed by atoms with van der Waals surface area (Å²) in [5.41, 5.74) is 1.91. The molecule has 3 nitrogen and oxygen atoms in total. The van der Waals surface area contributed by atoms with E-state index in [-0.39, 0.29) is 4.87 Å². The van der Waals surface area contributed by atoms with Gasteiger partial charge in [-0.05, 0) is 48.3 Å². The molecule has 0 fully saturated rings. The number of fused-ring (bicyclic) bond motifs is 1. The highest BCUT2D eigenvalue weighted by Gasteiger charge is 2.05. The van der Waals surface area contributed by atoms with E-state index in [2.05, 4.69) is 4.72 Å². The largest absolute Gasteiger partial charge is 0.326 e. The highest BCUT2D eigenvalue weighted by Crippen LogP contribution is 2.27. The average Bonchev–Trinajstić information content (AvgIpc) is 2.72. The molecule has 0 saturated heterocycles. The van der Waals surface area contributed by atoms with E-state index in [1.807, 2.05) is 42.5 Å². The number of nitrogens with one attached hydrogen (secondary N) is 1. The number of anilines is 1. The Kier molecular flexibility index (Phi) is 3.74. The van der Waals surface area contributed by atoms with Crippen molar-refractivity contribution in [3.8, 4) is 0 Å². The second kappa shape index (κ2) is 5.52. The summed E-state index contributed by atoms with van der Waals surface area (Å²) in [5.74, 6) is 0. The fourth-order valence-corrected chi connectivity index (χ4v) is 3.71. The van der Waals surface area contributed by atoms with Gasteiger partial charge in [0, 0.05) is 22.7 Å². The van der Waals surface area contributed by atoms with Crippen LogP contribution in [0.5, 0.6) is 0 Å². The summed E-state index contributed by atoms with van der Waals surface area (Å²) in [4.78, 5) is 12.7. The minimum absolute atomic E-state index is 0.0601. The summed E-state index contributed by atoms with van der Waals surface area (Å²) in [7, 11) is 1.79. The summed E-state index contributed by atoms with van der Waals surface area (Å²) in [6, 6.07) is 13.5. The van der Waals surface area contributed by atoms with Gasteiger partial charge in [-0.15, -0.1) is 0 Å². The number of thiazole rings is 1. The van der Waals surface area contributed by atoms with Crippen molar-refractivity contribution in [2.24, 2.45) is 7.05 Å². The van der Waals surface area contributed by atoms with Gasteiger partial charge >= 0.3 is 4.87 Å². The number of hydrogen-bond acceptors (Lipinski definition) is 4. The van der Waals surface area contributed by atoms with Gasteiger partial charge in [0.1, 0.15) is 0 Å². The minimum atomic E-state index is 0.0601. The molecule has 0 radical (unpaired) electrons. The van der Waals surface area contributed by atoms with E-state index in [1.54, 1.807) is 11.6 Å². The first-order valence-electron chi connectivity index (χ1n) is 5.91. The Morgan fingerprint density at radius 3 is 2.90 bits per heavy atom. The fraction of sp³-hybridized carbons (Fsp3) is 0.0714. The van der Waals surface area contributed by atoms with E-state index in [1.165, 1.54) is 23.3 Å². The Balaban J connectivity index is 1.83. The van der Waals surface area contributed by atoms with E-state index < -0.39 is 0 Å². The Bertz CT molecular complexity index is 825. The summed E-state index contributed by atoms with van der Waals surface area (Å²) in [6.07, 6.45) is 0. The molecule has 102 valence electrons. The van der Waals surface area contributed by atoms with Crippen molar-refractivity contribution in [3.63, 3.8) is 0 Å². The third kappa shape index (κ3) is 2.70. The Morgan fingerprint density at radius 1 is 1.25 bits per heavy atom. The standard InChI is InChI=1S/C14H11ClN2OS2/c1-17-12-6-5-11(8-13(12)19-14(17)18)20-16-10-4-2-3-9(15)7-10/h2-8,16H,1H3. The Morgan fingerprint density at radius 2 is 2.10 bits per heavy atom. The second-order valence-corrected chi connectivity index (χ2v) is 6.58. The molecule has 3 rings (SSSR count). The second-order valence-electron chi connectivity index (χ2n) is 4.27. The molecule has 1 aromatic heterocycles. The van der Waals surface area contributed by atoms with Crippen LogP contribution in [0, 0.1) is 0 Å². The first-order chi connectivity index (χ1) is 9.63. The highest BCUT2D eigenvalue weighted by molar-refractivity contribution is 8.00. The molecule has 0 unspecified atom stereocenters. The molecule has 0 spiro atoms. The van der Waals surface area contributed by atoms with Gasteiger partial charge in [0.05, 0.1) is 10.2 Å². The lowest BCUT2D eigenvalue weighted by Gasteiger charge is -2.05. The van der Waals surface area contributed by atoms with Crippen molar-refractivity contribution in [2.75, 3.05) is 4.72 Å². The minimum Gasteiger partial charge on any atom is -0.326 e. The summed E-state index contributed by atoms with van der Waals surface area (Å²) in [5, 5.41) is 0.701. The summed E-state index contributed by atoms with van der Waals surface area (Å²) in [6.45, 7) is 0. The molecule has 0 aliphatic rings. The molecular weight excluding hydrogens is 312 g/mol. The number of nitrogens with zero attached hydrogens (tertiary/aromatic N) is 1. The normalized spacial score (nSPS) is 10.9. The van der Waals surface area contributed by atoms with Gasteiger partial charge in [0.2, 0.25) is 0 Å². The zero-order valence-corrected chi connectivity index (χ0v) is 13.0. The molecule has 0 aliphatic heterocycles. The number of benzene rings is 2. The third-order valence-electron chi connectivity index (χ3n) is 2.88. The van der Waals surface area contributed by atoms with Gasteiger partial charge < -0.3 is 9.29 Å². The molecule has 6 heteroatoms. The van der Waals surface area contributed by atoms with Gasteiger partial charge in [-0.2, -0.15) is 0 Å². The van der Waals surface area contributed by atoms with Crippen molar-refractivity contribution in [1.29, 1.82) is 0 Å². The Hall–Kier alpha value is -1.43. The number of rotatable bonds is 3. The van der Waals surface area contributed by atoms with Crippen LogP contribution in [0.3, 0.4) is 0 Å². The lowest BCUT2D eigenvalue weighted by atomic mass is 10.3. The van der Waals surface area contributed by atoms with Crippen LogP contribution in [0.4, 0.5) is 5.69 Å². The van der Waals surface area contributed by atoms with Crippen LogP contribution in [0.25, 0.3) is 10.2 Å². The van der Waals surface area contributed by atoms with Crippen molar-refractivity contribution >= 4 is 50.8 Å². The maximum Gasteiger partial charge on any atom is 0.307 e.